The molecule has 0 aromatic carbocycles. The Labute approximate surface area is 251 Å². The summed E-state index contributed by atoms with van der Waals surface area (Å²) in [4.78, 5) is 15.2. The van der Waals surface area contributed by atoms with Gasteiger partial charge in [-0.25, -0.2) is 4.57 Å². The summed E-state index contributed by atoms with van der Waals surface area (Å²) in [6.45, 7) is 5.56. The Balaban J connectivity index is 4.74. The predicted octanol–water partition coefficient (Wildman–Crippen LogP) is 6.24. The van der Waals surface area contributed by atoms with Crippen LogP contribution in [0.1, 0.15) is 84.0 Å². The second kappa shape index (κ2) is 28.4. The van der Waals surface area contributed by atoms with Gasteiger partial charge in [-0.05, 0) is 35.6 Å². The van der Waals surface area contributed by atoms with E-state index in [1.54, 1.807) is 0 Å². The molecule has 0 spiro atoms. The molecule has 12 heteroatoms. The molecule has 0 radical (unpaired) electrons. The Morgan fingerprint density at radius 1 is 1.05 bits per heavy atom. The van der Waals surface area contributed by atoms with Gasteiger partial charge in [0.2, 0.25) is 0 Å². The number of phosphoric acid groups is 1. The van der Waals surface area contributed by atoms with E-state index in [1.807, 2.05) is 0 Å². The van der Waals surface area contributed by atoms with Crippen LogP contribution in [0.5, 0.6) is 0 Å². The number of nitrogens with zero attached hydrogens (tertiary/aromatic N) is 3. The van der Waals surface area contributed by atoms with E-state index in [9.17, 15) is 9.36 Å². The Bertz CT molecular complexity index is 1000. The van der Waals surface area contributed by atoms with Crippen molar-refractivity contribution in [3.8, 4) is 36.0 Å². The summed E-state index contributed by atoms with van der Waals surface area (Å²) in [7, 11) is -3.93. The first-order chi connectivity index (χ1) is 20.4. The van der Waals surface area contributed by atoms with Crippen LogP contribution in [0, 0.1) is 36.0 Å². The molecule has 0 fully saturated rings. The van der Waals surface area contributed by atoms with Gasteiger partial charge in [0.05, 0.1) is 39.1 Å². The van der Waals surface area contributed by atoms with E-state index in [2.05, 4.69) is 53.1 Å². The van der Waals surface area contributed by atoms with Crippen LogP contribution >= 0.6 is 7.82 Å². The summed E-state index contributed by atoms with van der Waals surface area (Å²) in [6, 6.07) is -0.816. The highest BCUT2D eigenvalue weighted by atomic mass is 31.2. The zero-order chi connectivity index (χ0) is 31.2. The summed E-state index contributed by atoms with van der Waals surface area (Å²) < 4.78 is 39.5. The third-order valence-corrected chi connectivity index (χ3v) is 7.08. The molecular formula is C30H47N4O7P. The van der Waals surface area contributed by atoms with Crippen molar-refractivity contribution >= 4 is 13.8 Å². The molecule has 2 N–H and O–H groups in total. The lowest BCUT2D eigenvalue weighted by Gasteiger charge is -2.20. The summed E-state index contributed by atoms with van der Waals surface area (Å²) >= 11 is 0. The maximum Gasteiger partial charge on any atom is 0.475 e. The molecule has 3 unspecified atom stereocenters. The van der Waals surface area contributed by atoms with Crippen LogP contribution in [0.15, 0.2) is 17.8 Å². The number of rotatable bonds is 27. The number of carbonyl (C=O) groups is 1. The number of ether oxygens (including phenoxy) is 2. The van der Waals surface area contributed by atoms with Gasteiger partial charge < -0.3 is 15.2 Å². The normalized spacial score (nSPS) is 13.1. The van der Waals surface area contributed by atoms with Crippen LogP contribution in [0.4, 0.5) is 0 Å². The van der Waals surface area contributed by atoms with Gasteiger partial charge in [-0.15, -0.1) is 13.0 Å². The fraction of sp³-hybridized carbons (Fsp3) is 0.700. The van der Waals surface area contributed by atoms with E-state index in [1.165, 1.54) is 44.6 Å². The number of azide groups is 1. The van der Waals surface area contributed by atoms with Gasteiger partial charge in [-0.3, -0.25) is 18.4 Å². The van der Waals surface area contributed by atoms with Crippen LogP contribution in [0.3, 0.4) is 0 Å². The molecule has 42 heavy (non-hydrogen) atoms. The number of nitrogens with two attached hydrogens (primary N) is 1. The highest BCUT2D eigenvalue weighted by molar-refractivity contribution is 7.48. The monoisotopic (exact) mass is 606 g/mol. The molecule has 0 rings (SSSR count). The molecule has 0 saturated carbocycles. The number of hydrogen-bond donors (Lipinski definition) is 1. The largest absolute Gasteiger partial charge is 0.475 e. The lowest BCUT2D eigenvalue weighted by atomic mass is 10.1. The lowest BCUT2D eigenvalue weighted by molar-refractivity contribution is -0.149. The van der Waals surface area contributed by atoms with Crippen molar-refractivity contribution in [2.24, 2.45) is 10.8 Å². The van der Waals surface area contributed by atoms with Gasteiger partial charge in [0.25, 0.3) is 0 Å². The molecule has 0 aliphatic heterocycles. The molecule has 0 bridgehead atoms. The van der Waals surface area contributed by atoms with E-state index in [0.29, 0.717) is 12.8 Å². The first-order valence-electron chi connectivity index (χ1n) is 14.5. The molecule has 0 saturated heterocycles. The third kappa shape index (κ3) is 23.9. The minimum absolute atomic E-state index is 0.0408. The number of esters is 1. The topological polar surface area (TPSA) is 155 Å². The van der Waals surface area contributed by atoms with E-state index in [4.69, 9.17) is 40.7 Å². The number of phosphoric ester groups is 1. The maximum absolute atomic E-state index is 12.7. The van der Waals surface area contributed by atoms with Crippen molar-refractivity contribution in [1.29, 1.82) is 0 Å². The SMILES string of the molecule is C#CC#CC#CCC(CCOCC(COP(=O)(OCC=C)OCCN)N=[N+]=[N-])OC(=O)CCCCCCCCCCC. The average molecular weight is 607 g/mol. The average Bonchev–Trinajstić information content (AvgIpc) is 2.98. The van der Waals surface area contributed by atoms with Gasteiger partial charge in [0.1, 0.15) is 6.10 Å². The number of hydrogen-bond acceptors (Lipinski definition) is 9. The van der Waals surface area contributed by atoms with Gasteiger partial charge in [0.15, 0.2) is 0 Å². The minimum atomic E-state index is -3.93. The smallest absolute Gasteiger partial charge is 0.461 e. The van der Waals surface area contributed by atoms with Crippen LogP contribution < -0.4 is 5.73 Å². The molecular weight excluding hydrogens is 559 g/mol. The van der Waals surface area contributed by atoms with Crippen LogP contribution in [-0.4, -0.2) is 57.7 Å². The summed E-state index contributed by atoms with van der Waals surface area (Å²) in [5.41, 5.74) is 14.3. The van der Waals surface area contributed by atoms with Crippen molar-refractivity contribution in [2.45, 2.75) is 96.1 Å². The molecule has 0 aromatic heterocycles. The van der Waals surface area contributed by atoms with Gasteiger partial charge in [-0.2, -0.15) is 0 Å². The summed E-state index contributed by atoms with van der Waals surface area (Å²) in [5, 5.41) is 3.62. The van der Waals surface area contributed by atoms with Crippen molar-refractivity contribution in [1.82, 2.24) is 0 Å². The van der Waals surface area contributed by atoms with Gasteiger partial charge in [0, 0.05) is 30.7 Å². The van der Waals surface area contributed by atoms with Crippen molar-refractivity contribution in [3.63, 3.8) is 0 Å². The van der Waals surface area contributed by atoms with Crippen molar-refractivity contribution in [2.75, 3.05) is 39.6 Å². The minimum Gasteiger partial charge on any atom is -0.461 e. The van der Waals surface area contributed by atoms with Gasteiger partial charge >= 0.3 is 13.8 Å². The van der Waals surface area contributed by atoms with Crippen molar-refractivity contribution < 1.29 is 32.4 Å². The molecule has 0 amide bonds. The van der Waals surface area contributed by atoms with Gasteiger partial charge in [-0.1, -0.05) is 75.4 Å². The number of terminal acetylenes is 1. The van der Waals surface area contributed by atoms with E-state index in [0.717, 1.165) is 19.3 Å². The highest BCUT2D eigenvalue weighted by Gasteiger charge is 2.27. The fourth-order valence-electron chi connectivity index (χ4n) is 3.52. The summed E-state index contributed by atoms with van der Waals surface area (Å²) in [6.07, 6.45) is 17.3. The standard InChI is InChI=1S/C30H47N4O7P/c1-4-7-9-11-12-13-14-16-18-20-30(35)41-29(19-17-15-10-8-5-2)21-24-37-26-28(33-34-32)27-40-42(36,38-23-6-3)39-25-22-31/h2,6,28-29H,3-4,7,9,11-14,16,18-27,31H2,1H3. The number of carbonyl (C=O) groups excluding carboxylic acids is 1. The first kappa shape index (κ1) is 39.2. The Morgan fingerprint density at radius 3 is 2.40 bits per heavy atom. The molecule has 3 atom stereocenters. The first-order valence-corrected chi connectivity index (χ1v) is 16.0. The summed E-state index contributed by atoms with van der Waals surface area (Å²) in [5.74, 6) is 12.3. The second-order valence-corrected chi connectivity index (χ2v) is 10.9. The van der Waals surface area contributed by atoms with E-state index in [-0.39, 0.29) is 52.0 Å². The fourth-order valence-corrected chi connectivity index (χ4v) is 4.72. The Kier molecular flexibility index (Phi) is 26.5. The molecule has 11 nitrogen and oxygen atoms in total. The molecule has 234 valence electrons. The number of unbranched alkanes of at least 4 members (excludes halogenated alkanes) is 8. The maximum atomic E-state index is 12.7. The molecule has 0 aromatic rings. The highest BCUT2D eigenvalue weighted by Crippen LogP contribution is 2.49. The molecule has 0 heterocycles. The third-order valence-electron chi connectivity index (χ3n) is 5.65. The van der Waals surface area contributed by atoms with E-state index >= 15 is 0 Å². The van der Waals surface area contributed by atoms with Crippen LogP contribution in [0.2, 0.25) is 0 Å². The second-order valence-electron chi connectivity index (χ2n) is 9.26. The predicted molar refractivity (Wildman–Crippen MR) is 164 cm³/mol. The Morgan fingerprint density at radius 2 is 1.76 bits per heavy atom. The zero-order valence-electron chi connectivity index (χ0n) is 25.0. The lowest BCUT2D eigenvalue weighted by Crippen LogP contribution is -2.23. The van der Waals surface area contributed by atoms with E-state index < -0.39 is 20.0 Å². The Hall–Kier alpha value is -2.77. The van der Waals surface area contributed by atoms with Crippen molar-refractivity contribution in [3.05, 3.63) is 23.1 Å². The van der Waals surface area contributed by atoms with Crippen LogP contribution in [-0.2, 0) is 32.4 Å². The zero-order valence-corrected chi connectivity index (χ0v) is 25.9. The molecule has 0 aliphatic carbocycles. The molecule has 0 aliphatic rings. The van der Waals surface area contributed by atoms with Crippen LogP contribution in [0.25, 0.3) is 10.4 Å². The quantitative estimate of drug-likeness (QED) is 0.0168.